The summed E-state index contributed by atoms with van der Waals surface area (Å²) in [6.45, 7) is 3.18. The first-order chi connectivity index (χ1) is 16.2. The van der Waals surface area contributed by atoms with E-state index in [9.17, 15) is 13.2 Å². The van der Waals surface area contributed by atoms with E-state index in [1.54, 1.807) is 64.5 Å². The van der Waals surface area contributed by atoms with Crippen molar-refractivity contribution in [1.29, 1.82) is 0 Å². The van der Waals surface area contributed by atoms with Crippen LogP contribution in [-0.2, 0) is 14.8 Å². The first kappa shape index (κ1) is 25.4. The van der Waals surface area contributed by atoms with Gasteiger partial charge in [0, 0.05) is 10.6 Å². The number of carbonyl (C=O) groups is 1. The summed E-state index contributed by atoms with van der Waals surface area (Å²) in [5.74, 6) is 0.722. The number of sulfonamides is 1. The van der Waals surface area contributed by atoms with E-state index < -0.39 is 28.5 Å². The van der Waals surface area contributed by atoms with Gasteiger partial charge in [-0.25, -0.2) is 8.42 Å². The molecule has 0 fully saturated rings. The van der Waals surface area contributed by atoms with Crippen LogP contribution in [0.3, 0.4) is 0 Å². The number of amides is 1. The molecule has 0 saturated heterocycles. The minimum absolute atomic E-state index is 0.0375. The second-order valence-corrected chi connectivity index (χ2v) is 9.95. The number of methoxy groups -OCH3 is 2. The van der Waals surface area contributed by atoms with Crippen molar-refractivity contribution < 1.29 is 22.7 Å². The summed E-state index contributed by atoms with van der Waals surface area (Å²) in [6, 6.07) is 17.7. The zero-order valence-electron chi connectivity index (χ0n) is 19.4. The number of carbonyl (C=O) groups excluding carboxylic acids is 1. The monoisotopic (exact) mass is 502 g/mol. The molecule has 9 heteroatoms. The van der Waals surface area contributed by atoms with Crippen molar-refractivity contribution in [1.82, 2.24) is 5.32 Å². The summed E-state index contributed by atoms with van der Waals surface area (Å²) in [5, 5.41) is 3.29. The average molecular weight is 503 g/mol. The van der Waals surface area contributed by atoms with Crippen LogP contribution >= 0.6 is 11.6 Å². The molecule has 0 bridgehead atoms. The van der Waals surface area contributed by atoms with Gasteiger partial charge in [-0.2, -0.15) is 0 Å². The second-order valence-electron chi connectivity index (χ2n) is 7.65. The molecule has 0 aliphatic carbocycles. The first-order valence-corrected chi connectivity index (χ1v) is 12.3. The van der Waals surface area contributed by atoms with Gasteiger partial charge in [-0.05, 0) is 67.9 Å². The molecular weight excluding hydrogens is 476 g/mol. The standard InChI is InChI=1S/C25H27ClN2O5S/c1-17-7-5-6-8-23(17)28(34(30,31)21-12-9-19(26)10-13-21)16-25(29)27-18(2)22-15-20(32-3)11-14-24(22)33-4/h5-15,18H,16H2,1-4H3,(H,27,29). The van der Waals surface area contributed by atoms with E-state index in [2.05, 4.69) is 5.32 Å². The summed E-state index contributed by atoms with van der Waals surface area (Å²) in [7, 11) is -0.951. The zero-order valence-corrected chi connectivity index (χ0v) is 21.0. The van der Waals surface area contributed by atoms with Crippen molar-refractivity contribution in [3.05, 3.63) is 82.9 Å². The minimum Gasteiger partial charge on any atom is -0.497 e. The van der Waals surface area contributed by atoms with Crippen LogP contribution < -0.4 is 19.1 Å². The average Bonchev–Trinajstić information content (AvgIpc) is 2.82. The number of halogens is 1. The molecule has 0 aliphatic heterocycles. The number of para-hydroxylation sites is 1. The Kier molecular flexibility index (Phi) is 8.06. The van der Waals surface area contributed by atoms with E-state index >= 15 is 0 Å². The number of anilines is 1. The Morgan fingerprint density at radius 2 is 1.71 bits per heavy atom. The van der Waals surface area contributed by atoms with Gasteiger partial charge in [0.15, 0.2) is 0 Å². The van der Waals surface area contributed by atoms with Crippen LogP contribution in [0.5, 0.6) is 11.5 Å². The smallest absolute Gasteiger partial charge is 0.264 e. The Balaban J connectivity index is 1.92. The minimum atomic E-state index is -4.04. The van der Waals surface area contributed by atoms with Gasteiger partial charge in [-0.1, -0.05) is 29.8 Å². The quantitative estimate of drug-likeness (QED) is 0.457. The molecule has 3 aromatic rings. The molecule has 180 valence electrons. The third-order valence-corrected chi connectivity index (χ3v) is 7.38. The predicted octanol–water partition coefficient (Wildman–Crippen LogP) is 4.74. The van der Waals surface area contributed by atoms with Gasteiger partial charge < -0.3 is 14.8 Å². The Labute approximate surface area is 205 Å². The Bertz CT molecular complexity index is 1260. The number of aryl methyl sites for hydroxylation is 1. The molecule has 1 atom stereocenters. The van der Waals surface area contributed by atoms with E-state index in [1.165, 1.54) is 24.3 Å². The zero-order chi connectivity index (χ0) is 24.9. The maximum atomic E-state index is 13.5. The summed E-state index contributed by atoms with van der Waals surface area (Å²) in [5.41, 5.74) is 1.84. The highest BCUT2D eigenvalue weighted by molar-refractivity contribution is 7.92. The normalized spacial score (nSPS) is 12.0. The van der Waals surface area contributed by atoms with E-state index in [0.717, 1.165) is 9.87 Å². The van der Waals surface area contributed by atoms with E-state index in [-0.39, 0.29) is 4.90 Å². The van der Waals surface area contributed by atoms with Gasteiger partial charge in [0.2, 0.25) is 5.91 Å². The van der Waals surface area contributed by atoms with Gasteiger partial charge in [-0.3, -0.25) is 9.10 Å². The molecule has 1 amide bonds. The predicted molar refractivity (Wildman–Crippen MR) is 133 cm³/mol. The first-order valence-electron chi connectivity index (χ1n) is 10.5. The lowest BCUT2D eigenvalue weighted by atomic mass is 10.1. The maximum absolute atomic E-state index is 13.5. The second kappa shape index (κ2) is 10.8. The number of ether oxygens (including phenoxy) is 2. The van der Waals surface area contributed by atoms with Gasteiger partial charge in [0.25, 0.3) is 10.0 Å². The molecule has 3 rings (SSSR count). The van der Waals surface area contributed by atoms with E-state index in [0.29, 0.717) is 27.8 Å². The SMILES string of the molecule is COc1ccc(OC)c(C(C)NC(=O)CN(c2ccccc2C)S(=O)(=O)c2ccc(Cl)cc2)c1. The molecule has 3 aromatic carbocycles. The number of hydrogen-bond donors (Lipinski definition) is 1. The number of hydrogen-bond acceptors (Lipinski definition) is 5. The van der Waals surface area contributed by atoms with Crippen molar-refractivity contribution in [2.24, 2.45) is 0 Å². The van der Waals surface area contributed by atoms with Gasteiger partial charge in [0.05, 0.1) is 30.8 Å². The molecular formula is C25H27ClN2O5S. The van der Waals surface area contributed by atoms with E-state index in [1.807, 2.05) is 6.07 Å². The molecule has 0 spiro atoms. The van der Waals surface area contributed by atoms with Crippen molar-refractivity contribution in [2.75, 3.05) is 25.1 Å². The summed E-state index contributed by atoms with van der Waals surface area (Å²) < 4.78 is 38.9. The Hall–Kier alpha value is -3.23. The lowest BCUT2D eigenvalue weighted by Crippen LogP contribution is -2.42. The number of rotatable bonds is 9. The molecule has 0 aliphatic rings. The Morgan fingerprint density at radius 3 is 2.32 bits per heavy atom. The molecule has 1 N–H and O–H groups in total. The highest BCUT2D eigenvalue weighted by Crippen LogP contribution is 2.30. The molecule has 0 saturated carbocycles. The van der Waals surface area contributed by atoms with Gasteiger partial charge in [-0.15, -0.1) is 0 Å². The molecule has 7 nitrogen and oxygen atoms in total. The van der Waals surface area contributed by atoms with Crippen LogP contribution in [0.25, 0.3) is 0 Å². The van der Waals surface area contributed by atoms with Gasteiger partial charge in [0.1, 0.15) is 18.0 Å². The fourth-order valence-corrected chi connectivity index (χ4v) is 5.16. The van der Waals surface area contributed by atoms with Crippen LogP contribution in [0.2, 0.25) is 5.02 Å². The lowest BCUT2D eigenvalue weighted by molar-refractivity contribution is -0.120. The van der Waals surface area contributed by atoms with E-state index in [4.69, 9.17) is 21.1 Å². The van der Waals surface area contributed by atoms with Crippen molar-refractivity contribution in [3.63, 3.8) is 0 Å². The Morgan fingerprint density at radius 1 is 1.03 bits per heavy atom. The molecule has 0 heterocycles. The van der Waals surface area contributed by atoms with Crippen LogP contribution in [0.4, 0.5) is 5.69 Å². The molecule has 34 heavy (non-hydrogen) atoms. The van der Waals surface area contributed by atoms with Crippen LogP contribution in [0.15, 0.2) is 71.6 Å². The van der Waals surface area contributed by atoms with Crippen LogP contribution in [0.1, 0.15) is 24.1 Å². The summed E-state index contributed by atoms with van der Waals surface area (Å²) in [6.07, 6.45) is 0. The van der Waals surface area contributed by atoms with Crippen molar-refractivity contribution in [2.45, 2.75) is 24.8 Å². The van der Waals surface area contributed by atoms with Gasteiger partial charge >= 0.3 is 0 Å². The summed E-state index contributed by atoms with van der Waals surface area (Å²) in [4.78, 5) is 13.1. The summed E-state index contributed by atoms with van der Waals surface area (Å²) >= 11 is 5.94. The number of nitrogens with zero attached hydrogens (tertiary/aromatic N) is 1. The number of nitrogens with one attached hydrogen (secondary N) is 1. The molecule has 0 radical (unpaired) electrons. The molecule has 0 aromatic heterocycles. The third-order valence-electron chi connectivity index (χ3n) is 5.35. The third kappa shape index (κ3) is 5.63. The highest BCUT2D eigenvalue weighted by atomic mass is 35.5. The van der Waals surface area contributed by atoms with Crippen molar-refractivity contribution >= 4 is 33.2 Å². The highest BCUT2D eigenvalue weighted by Gasteiger charge is 2.29. The van der Waals surface area contributed by atoms with Crippen molar-refractivity contribution in [3.8, 4) is 11.5 Å². The largest absolute Gasteiger partial charge is 0.497 e. The fraction of sp³-hybridized carbons (Fsp3) is 0.240. The molecule has 1 unspecified atom stereocenters. The topological polar surface area (TPSA) is 84.9 Å². The van der Waals surface area contributed by atoms with Crippen LogP contribution in [0, 0.1) is 6.92 Å². The fourth-order valence-electron chi connectivity index (χ4n) is 3.55. The lowest BCUT2D eigenvalue weighted by Gasteiger charge is -2.26. The maximum Gasteiger partial charge on any atom is 0.264 e. The van der Waals surface area contributed by atoms with Crippen LogP contribution in [-0.4, -0.2) is 35.1 Å². The number of benzene rings is 3.